The van der Waals surface area contributed by atoms with Gasteiger partial charge in [-0.3, -0.25) is 4.68 Å². The first-order valence-electron chi connectivity index (χ1n) is 6.10. The second kappa shape index (κ2) is 7.29. The summed E-state index contributed by atoms with van der Waals surface area (Å²) in [6.07, 6.45) is 2.58. The van der Waals surface area contributed by atoms with Crippen molar-refractivity contribution in [2.75, 3.05) is 20.3 Å². The van der Waals surface area contributed by atoms with Crippen molar-refractivity contribution in [2.45, 2.75) is 39.3 Å². The summed E-state index contributed by atoms with van der Waals surface area (Å²) >= 11 is 0. The van der Waals surface area contributed by atoms with Gasteiger partial charge in [0.15, 0.2) is 5.75 Å². The number of aromatic nitrogens is 2. The summed E-state index contributed by atoms with van der Waals surface area (Å²) in [5.41, 5.74) is 0.756. The lowest BCUT2D eigenvalue weighted by atomic mass is 10.1. The van der Waals surface area contributed by atoms with Crippen LogP contribution in [0.4, 0.5) is 0 Å². The Morgan fingerprint density at radius 3 is 2.82 bits per heavy atom. The minimum absolute atomic E-state index is 0.548. The number of ether oxygens (including phenoxy) is 2. The molecule has 0 saturated heterocycles. The molecular formula is C12H22N2O3. The van der Waals surface area contributed by atoms with E-state index in [1.807, 2.05) is 13.8 Å². The average Bonchev–Trinajstić information content (AvgIpc) is 2.77. The predicted octanol–water partition coefficient (Wildman–Crippen LogP) is 1.76. The van der Waals surface area contributed by atoms with E-state index >= 15 is 0 Å². The Hall–Kier alpha value is -1.07. The monoisotopic (exact) mass is 242 g/mol. The van der Waals surface area contributed by atoms with Crippen LogP contribution >= 0.6 is 0 Å². The largest absolute Gasteiger partial charge is 0.493 e. The van der Waals surface area contributed by atoms with Crippen molar-refractivity contribution in [3.63, 3.8) is 0 Å². The maximum Gasteiger partial charge on any atom is 0.162 e. The summed E-state index contributed by atoms with van der Waals surface area (Å²) in [6, 6.07) is 0. The molecule has 5 heteroatoms. The van der Waals surface area contributed by atoms with Crippen LogP contribution in [-0.2, 0) is 11.3 Å². The molecule has 0 aliphatic heterocycles. The van der Waals surface area contributed by atoms with Crippen molar-refractivity contribution in [2.24, 2.45) is 0 Å². The molecule has 1 heterocycles. The first-order chi connectivity index (χ1) is 8.24. The summed E-state index contributed by atoms with van der Waals surface area (Å²) < 4.78 is 12.2. The van der Waals surface area contributed by atoms with E-state index in [0.717, 1.165) is 18.7 Å². The van der Waals surface area contributed by atoms with E-state index in [1.165, 1.54) is 0 Å². The molecule has 98 valence electrons. The van der Waals surface area contributed by atoms with Gasteiger partial charge in [0.2, 0.25) is 0 Å². The summed E-state index contributed by atoms with van der Waals surface area (Å²) in [4.78, 5) is 0. The highest BCUT2D eigenvalue weighted by atomic mass is 16.5. The third kappa shape index (κ3) is 3.71. The van der Waals surface area contributed by atoms with Gasteiger partial charge in [-0.05, 0) is 26.7 Å². The number of methoxy groups -OCH3 is 1. The number of hydrogen-bond acceptors (Lipinski definition) is 4. The molecule has 0 aliphatic carbocycles. The fourth-order valence-corrected chi connectivity index (χ4v) is 1.78. The number of rotatable bonds is 8. The molecule has 0 bridgehead atoms. The molecule has 0 aliphatic rings. The van der Waals surface area contributed by atoms with Crippen molar-refractivity contribution in [3.05, 3.63) is 11.9 Å². The van der Waals surface area contributed by atoms with Crippen molar-refractivity contribution >= 4 is 0 Å². The number of aliphatic hydroxyl groups excluding tert-OH is 1. The molecule has 1 unspecified atom stereocenters. The van der Waals surface area contributed by atoms with E-state index < -0.39 is 6.10 Å². The van der Waals surface area contributed by atoms with E-state index in [2.05, 4.69) is 5.10 Å². The molecule has 0 aromatic carbocycles. The highest BCUT2D eigenvalue weighted by molar-refractivity contribution is 5.27. The summed E-state index contributed by atoms with van der Waals surface area (Å²) in [6.45, 7) is 6.07. The molecule has 0 amide bonds. The smallest absolute Gasteiger partial charge is 0.162 e. The Morgan fingerprint density at radius 2 is 2.24 bits per heavy atom. The van der Waals surface area contributed by atoms with Crippen LogP contribution in [0.3, 0.4) is 0 Å². The molecular weight excluding hydrogens is 220 g/mol. The van der Waals surface area contributed by atoms with E-state index in [4.69, 9.17) is 9.47 Å². The summed E-state index contributed by atoms with van der Waals surface area (Å²) in [5.74, 6) is 0.649. The summed E-state index contributed by atoms with van der Waals surface area (Å²) in [7, 11) is 1.59. The fraction of sp³-hybridized carbons (Fsp3) is 0.750. The minimum Gasteiger partial charge on any atom is -0.493 e. The number of hydrogen-bond donors (Lipinski definition) is 1. The molecule has 0 saturated carbocycles. The minimum atomic E-state index is -0.548. The Balaban J connectivity index is 2.60. The standard InChI is InChI=1S/C12H22N2O3/c1-4-14-12(11(16-3)9-13-14)10(15)7-6-8-17-5-2/h9-10,15H,4-8H2,1-3H3. The van der Waals surface area contributed by atoms with Crippen LogP contribution in [0, 0.1) is 0 Å². The van der Waals surface area contributed by atoms with Gasteiger partial charge in [0, 0.05) is 19.8 Å². The van der Waals surface area contributed by atoms with Crippen LogP contribution in [0.25, 0.3) is 0 Å². The SMILES string of the molecule is CCOCCCC(O)c1c(OC)cnn1CC. The molecule has 5 nitrogen and oxygen atoms in total. The van der Waals surface area contributed by atoms with Crippen LogP contribution in [0.2, 0.25) is 0 Å². The molecule has 0 fully saturated rings. The Bertz CT molecular complexity index is 304. The zero-order chi connectivity index (χ0) is 12.7. The fourth-order valence-electron chi connectivity index (χ4n) is 1.78. The van der Waals surface area contributed by atoms with Gasteiger partial charge in [0.25, 0.3) is 0 Å². The second-order valence-electron chi connectivity index (χ2n) is 3.77. The van der Waals surface area contributed by atoms with Gasteiger partial charge in [-0.25, -0.2) is 0 Å². The number of aliphatic hydroxyl groups is 1. The van der Waals surface area contributed by atoms with Crippen molar-refractivity contribution in [1.29, 1.82) is 0 Å². The molecule has 1 rings (SSSR count). The third-order valence-corrected chi connectivity index (χ3v) is 2.65. The molecule has 0 radical (unpaired) electrons. The quantitative estimate of drug-likeness (QED) is 0.706. The van der Waals surface area contributed by atoms with Gasteiger partial charge in [-0.1, -0.05) is 0 Å². The molecule has 17 heavy (non-hydrogen) atoms. The Morgan fingerprint density at radius 1 is 1.47 bits per heavy atom. The van der Waals surface area contributed by atoms with Gasteiger partial charge < -0.3 is 14.6 Å². The molecule has 1 aromatic rings. The average molecular weight is 242 g/mol. The lowest BCUT2D eigenvalue weighted by molar-refractivity contribution is 0.109. The zero-order valence-corrected chi connectivity index (χ0v) is 10.8. The van der Waals surface area contributed by atoms with E-state index in [-0.39, 0.29) is 0 Å². The first kappa shape index (κ1) is 14.0. The lowest BCUT2D eigenvalue weighted by Crippen LogP contribution is -2.10. The van der Waals surface area contributed by atoms with Crippen LogP contribution < -0.4 is 4.74 Å². The van der Waals surface area contributed by atoms with Crippen LogP contribution in [-0.4, -0.2) is 35.2 Å². The molecule has 1 N–H and O–H groups in total. The lowest BCUT2D eigenvalue weighted by Gasteiger charge is -2.14. The van der Waals surface area contributed by atoms with Gasteiger partial charge in [-0.2, -0.15) is 5.10 Å². The molecule has 0 spiro atoms. The van der Waals surface area contributed by atoms with Gasteiger partial charge >= 0.3 is 0 Å². The van der Waals surface area contributed by atoms with Gasteiger partial charge in [0.05, 0.1) is 19.4 Å². The van der Waals surface area contributed by atoms with Crippen molar-refractivity contribution < 1.29 is 14.6 Å². The Kier molecular flexibility index (Phi) is 6.00. The van der Waals surface area contributed by atoms with Gasteiger partial charge in [0.1, 0.15) is 5.69 Å². The maximum atomic E-state index is 10.1. The van der Waals surface area contributed by atoms with Crippen LogP contribution in [0.1, 0.15) is 38.5 Å². The molecule has 1 atom stereocenters. The zero-order valence-electron chi connectivity index (χ0n) is 10.8. The summed E-state index contributed by atoms with van der Waals surface area (Å²) in [5, 5.41) is 14.3. The highest BCUT2D eigenvalue weighted by Crippen LogP contribution is 2.27. The van der Waals surface area contributed by atoms with E-state index in [0.29, 0.717) is 25.4 Å². The molecule has 1 aromatic heterocycles. The second-order valence-corrected chi connectivity index (χ2v) is 3.77. The van der Waals surface area contributed by atoms with Gasteiger partial charge in [-0.15, -0.1) is 0 Å². The normalized spacial score (nSPS) is 12.7. The number of nitrogens with zero attached hydrogens (tertiary/aromatic N) is 2. The highest BCUT2D eigenvalue weighted by Gasteiger charge is 2.18. The maximum absolute atomic E-state index is 10.1. The Labute approximate surface area is 102 Å². The first-order valence-corrected chi connectivity index (χ1v) is 6.10. The van der Waals surface area contributed by atoms with Crippen LogP contribution in [0.5, 0.6) is 5.75 Å². The van der Waals surface area contributed by atoms with Crippen LogP contribution in [0.15, 0.2) is 6.20 Å². The van der Waals surface area contributed by atoms with E-state index in [9.17, 15) is 5.11 Å². The van der Waals surface area contributed by atoms with E-state index in [1.54, 1.807) is 18.0 Å². The third-order valence-electron chi connectivity index (χ3n) is 2.65. The van der Waals surface area contributed by atoms with Crippen molar-refractivity contribution in [3.8, 4) is 5.75 Å². The predicted molar refractivity (Wildman–Crippen MR) is 65.1 cm³/mol. The number of aryl methyl sites for hydroxylation is 1. The van der Waals surface area contributed by atoms with Crippen molar-refractivity contribution in [1.82, 2.24) is 9.78 Å². The topological polar surface area (TPSA) is 56.5 Å².